The molecule has 1 aromatic heterocycles. The molecular weight excluding hydrogens is 440 g/mol. The van der Waals surface area contributed by atoms with Crippen LogP contribution < -0.4 is 5.32 Å². The number of allylic oxidation sites excluding steroid dienone is 6. The Kier molecular flexibility index (Phi) is 3.47. The van der Waals surface area contributed by atoms with Crippen LogP contribution in [0.5, 0.6) is 0 Å². The molecule has 2 aliphatic carbocycles. The summed E-state index contributed by atoms with van der Waals surface area (Å²) in [5.41, 5.74) is 0.325. The summed E-state index contributed by atoms with van der Waals surface area (Å²) in [6, 6.07) is 3.25. The molecule has 0 unspecified atom stereocenters. The first-order valence-electron chi connectivity index (χ1n) is 7.29. The van der Waals surface area contributed by atoms with Crippen LogP contribution in [0.3, 0.4) is 0 Å². The van der Waals surface area contributed by atoms with Gasteiger partial charge in [0, 0.05) is 23.7 Å². The minimum atomic E-state index is -0.799. The van der Waals surface area contributed by atoms with E-state index in [9.17, 15) is 14.4 Å². The van der Waals surface area contributed by atoms with E-state index in [1.54, 1.807) is 24.3 Å². The quantitative estimate of drug-likeness (QED) is 0.659. The number of Topliss-reactive ketones (excluding diaryl/α,β-unsaturated/α-hetero) is 3. The highest BCUT2D eigenvalue weighted by molar-refractivity contribution is 9.13. The Morgan fingerprint density at radius 3 is 2.46 bits per heavy atom. The first kappa shape index (κ1) is 15.7. The van der Waals surface area contributed by atoms with Crippen LogP contribution in [0, 0.1) is 5.41 Å². The molecule has 1 aliphatic heterocycles. The number of aromatic nitrogens is 1. The van der Waals surface area contributed by atoms with Crippen molar-refractivity contribution in [2.24, 2.45) is 5.41 Å². The first-order valence-corrected chi connectivity index (χ1v) is 8.88. The van der Waals surface area contributed by atoms with Crippen LogP contribution in [0.1, 0.15) is 27.3 Å². The van der Waals surface area contributed by atoms with Gasteiger partial charge in [-0.2, -0.15) is 0 Å². The number of hydrogen-bond donors (Lipinski definition) is 1. The van der Waals surface area contributed by atoms with Gasteiger partial charge in [-0.25, -0.2) is 0 Å². The lowest BCUT2D eigenvalue weighted by atomic mass is 9.67. The molecule has 5 nitrogen and oxygen atoms in total. The highest BCUT2D eigenvalue weighted by atomic mass is 79.9. The van der Waals surface area contributed by atoms with Gasteiger partial charge in [0.15, 0.2) is 5.78 Å². The maximum Gasteiger partial charge on any atom is 0.228 e. The van der Waals surface area contributed by atoms with Crippen molar-refractivity contribution in [1.29, 1.82) is 0 Å². The third-order valence-electron chi connectivity index (χ3n) is 4.48. The van der Waals surface area contributed by atoms with E-state index in [2.05, 4.69) is 42.2 Å². The van der Waals surface area contributed by atoms with E-state index in [1.807, 2.05) is 0 Å². The number of fused-ring (bicyclic) bond motifs is 2. The van der Waals surface area contributed by atoms with E-state index >= 15 is 0 Å². The summed E-state index contributed by atoms with van der Waals surface area (Å²) >= 11 is 6.55. The molecule has 1 spiro atoms. The molecule has 0 saturated heterocycles. The molecule has 120 valence electrons. The van der Waals surface area contributed by atoms with Gasteiger partial charge in [-0.05, 0) is 50.4 Å². The molecule has 1 aromatic rings. The number of rotatable bonds is 0. The molecule has 4 rings (SSSR count). The summed E-state index contributed by atoms with van der Waals surface area (Å²) in [4.78, 5) is 42.0. The molecule has 0 radical (unpaired) electrons. The largest absolute Gasteiger partial charge is 0.381 e. The van der Waals surface area contributed by atoms with Crippen molar-refractivity contribution in [3.63, 3.8) is 0 Å². The van der Waals surface area contributed by atoms with Gasteiger partial charge in [0.1, 0.15) is 5.69 Å². The van der Waals surface area contributed by atoms with Crippen molar-refractivity contribution < 1.29 is 14.4 Å². The minimum absolute atomic E-state index is 0.170. The molecule has 2 heterocycles. The maximum absolute atomic E-state index is 13.1. The fraction of sp³-hybridized carbons (Fsp3) is 0.176. The summed E-state index contributed by atoms with van der Waals surface area (Å²) in [6.45, 7) is 0.516. The lowest BCUT2D eigenvalue weighted by molar-refractivity contribution is -0.111. The van der Waals surface area contributed by atoms with Gasteiger partial charge in [-0.3, -0.25) is 19.4 Å². The highest BCUT2D eigenvalue weighted by Crippen LogP contribution is 2.48. The van der Waals surface area contributed by atoms with Gasteiger partial charge in [0.05, 0.1) is 20.2 Å². The number of pyridine rings is 1. The summed E-state index contributed by atoms with van der Waals surface area (Å²) < 4.78 is 0.755. The van der Waals surface area contributed by atoms with Crippen molar-refractivity contribution in [3.05, 3.63) is 62.0 Å². The van der Waals surface area contributed by atoms with Gasteiger partial charge >= 0.3 is 0 Å². The van der Waals surface area contributed by atoms with Gasteiger partial charge < -0.3 is 5.32 Å². The SMILES string of the molecule is O=C1C(Br)=CC2(C=C1Br)CCNC1=C2C(=O)c2cccnc2C1=O. The van der Waals surface area contributed by atoms with Gasteiger partial charge in [0.2, 0.25) is 11.6 Å². The van der Waals surface area contributed by atoms with Crippen molar-refractivity contribution in [2.75, 3.05) is 6.54 Å². The average Bonchev–Trinajstić information content (AvgIpc) is 2.57. The monoisotopic (exact) mass is 448 g/mol. The zero-order valence-electron chi connectivity index (χ0n) is 12.2. The summed E-state index contributed by atoms with van der Waals surface area (Å²) in [6.07, 6.45) is 5.52. The van der Waals surface area contributed by atoms with Crippen LogP contribution in [-0.2, 0) is 4.79 Å². The van der Waals surface area contributed by atoms with E-state index in [4.69, 9.17) is 0 Å². The molecule has 7 heteroatoms. The predicted molar refractivity (Wildman–Crippen MR) is 94.0 cm³/mol. The van der Waals surface area contributed by atoms with Crippen molar-refractivity contribution >= 4 is 49.2 Å². The Bertz CT molecular complexity index is 906. The van der Waals surface area contributed by atoms with Crippen molar-refractivity contribution in [3.8, 4) is 0 Å². The van der Waals surface area contributed by atoms with Crippen LogP contribution in [0.4, 0.5) is 0 Å². The van der Waals surface area contributed by atoms with E-state index in [1.165, 1.54) is 6.20 Å². The standard InChI is InChI=1S/C17H10Br2N2O3/c18-9-6-17(7-10(19)15(9)23)3-5-21-13-11(17)14(22)8-2-1-4-20-12(8)16(13)24/h1-2,4,6-7,21H,3,5H2. The first-order chi connectivity index (χ1) is 11.4. The Balaban J connectivity index is 1.99. The minimum Gasteiger partial charge on any atom is -0.381 e. The summed E-state index contributed by atoms with van der Waals surface area (Å²) in [5.74, 6) is -0.703. The van der Waals surface area contributed by atoms with Crippen LogP contribution in [-0.4, -0.2) is 28.9 Å². The topological polar surface area (TPSA) is 76.1 Å². The molecule has 24 heavy (non-hydrogen) atoms. The number of nitrogens with zero attached hydrogens (tertiary/aromatic N) is 1. The molecular formula is C17H10Br2N2O3. The lowest BCUT2D eigenvalue weighted by Gasteiger charge is -2.39. The Morgan fingerprint density at radius 1 is 1.04 bits per heavy atom. The van der Waals surface area contributed by atoms with Gasteiger partial charge in [-0.1, -0.05) is 12.2 Å². The third-order valence-corrected chi connectivity index (χ3v) is 5.66. The Hall–Kier alpha value is -1.86. The van der Waals surface area contributed by atoms with E-state index in [-0.39, 0.29) is 28.7 Å². The van der Waals surface area contributed by atoms with E-state index in [0.29, 0.717) is 33.1 Å². The third kappa shape index (κ3) is 2.04. The normalized spacial score (nSPS) is 21.8. The zero-order valence-corrected chi connectivity index (χ0v) is 15.4. The molecule has 0 saturated carbocycles. The van der Waals surface area contributed by atoms with Crippen LogP contribution >= 0.6 is 31.9 Å². The molecule has 1 N–H and O–H groups in total. The second-order valence-corrected chi connectivity index (χ2v) is 7.55. The zero-order chi connectivity index (χ0) is 17.1. The Morgan fingerprint density at radius 2 is 1.75 bits per heavy atom. The summed E-state index contributed by atoms with van der Waals surface area (Å²) in [5, 5.41) is 3.05. The number of halogens is 2. The van der Waals surface area contributed by atoms with Crippen molar-refractivity contribution in [2.45, 2.75) is 6.42 Å². The lowest BCUT2D eigenvalue weighted by Crippen LogP contribution is -2.44. The molecule has 0 bridgehead atoms. The van der Waals surface area contributed by atoms with E-state index in [0.717, 1.165) is 0 Å². The fourth-order valence-electron chi connectivity index (χ4n) is 3.41. The maximum atomic E-state index is 13.1. The smallest absolute Gasteiger partial charge is 0.228 e. The number of nitrogens with one attached hydrogen (secondary N) is 1. The average molecular weight is 450 g/mol. The van der Waals surface area contributed by atoms with Crippen LogP contribution in [0.25, 0.3) is 0 Å². The number of carbonyl (C=O) groups is 3. The number of ketones is 3. The fourth-order valence-corrected chi connectivity index (χ4v) is 4.92. The van der Waals surface area contributed by atoms with E-state index < -0.39 is 5.41 Å². The molecule has 3 aliphatic rings. The second kappa shape index (κ2) is 5.32. The van der Waals surface area contributed by atoms with Crippen molar-refractivity contribution in [1.82, 2.24) is 10.3 Å². The number of hydrogen-bond acceptors (Lipinski definition) is 5. The van der Waals surface area contributed by atoms with Gasteiger partial charge in [-0.15, -0.1) is 0 Å². The highest BCUT2D eigenvalue weighted by Gasteiger charge is 2.47. The van der Waals surface area contributed by atoms with Crippen LogP contribution in [0.2, 0.25) is 0 Å². The summed E-state index contributed by atoms with van der Waals surface area (Å²) in [7, 11) is 0. The van der Waals surface area contributed by atoms with Gasteiger partial charge in [0.25, 0.3) is 0 Å². The molecule has 0 atom stereocenters. The number of carbonyl (C=O) groups excluding carboxylic acids is 3. The van der Waals surface area contributed by atoms with Crippen LogP contribution in [0.15, 0.2) is 50.7 Å². The molecule has 0 amide bonds. The molecule has 0 fully saturated rings. The predicted octanol–water partition coefficient (Wildman–Crippen LogP) is 2.83. The second-order valence-electron chi connectivity index (χ2n) is 5.84. The molecule has 0 aromatic carbocycles. The Labute approximate surface area is 154 Å².